The Kier molecular flexibility index (Phi) is 5.84. The molecule has 0 saturated heterocycles. The number of aromatic nitrogens is 4. The van der Waals surface area contributed by atoms with Gasteiger partial charge in [0, 0.05) is 6.54 Å². The molecule has 0 fully saturated rings. The van der Waals surface area contributed by atoms with Gasteiger partial charge in [-0.3, -0.25) is 5.10 Å². The molecular formula is C19H26N6O3. The van der Waals surface area contributed by atoms with Gasteiger partial charge in [0.15, 0.2) is 22.8 Å². The third kappa shape index (κ3) is 4.09. The van der Waals surface area contributed by atoms with Gasteiger partial charge in [-0.15, -0.1) is 0 Å². The summed E-state index contributed by atoms with van der Waals surface area (Å²) in [6, 6.07) is 4.49. The molecule has 150 valence electrons. The van der Waals surface area contributed by atoms with Crippen LogP contribution in [0.5, 0.6) is 11.5 Å². The molecule has 1 aromatic carbocycles. The molecule has 3 rings (SSSR count). The topological polar surface area (TPSA) is 139 Å². The molecule has 0 saturated carbocycles. The molecule has 6 N–H and O–H groups in total. The maximum Gasteiger partial charge on any atom is 0.225 e. The van der Waals surface area contributed by atoms with Crippen molar-refractivity contribution in [3.63, 3.8) is 0 Å². The van der Waals surface area contributed by atoms with Gasteiger partial charge in [0.25, 0.3) is 0 Å². The fraction of sp³-hybridized carbons (Fsp3) is 0.421. The smallest absolute Gasteiger partial charge is 0.225 e. The monoisotopic (exact) mass is 386 g/mol. The summed E-state index contributed by atoms with van der Waals surface area (Å²) < 4.78 is 0. The normalized spacial score (nSPS) is 12.5. The van der Waals surface area contributed by atoms with Crippen LogP contribution < -0.4 is 10.6 Å². The first-order valence-electron chi connectivity index (χ1n) is 9.31. The lowest BCUT2D eigenvalue weighted by molar-refractivity contribution is 0.271. The van der Waals surface area contributed by atoms with E-state index in [1.807, 2.05) is 6.92 Å². The summed E-state index contributed by atoms with van der Waals surface area (Å²) in [6.07, 6.45) is 0.732. The molecule has 0 spiro atoms. The molecule has 0 radical (unpaired) electrons. The third-order valence-corrected chi connectivity index (χ3v) is 4.55. The van der Waals surface area contributed by atoms with Crippen LogP contribution in [0.25, 0.3) is 11.0 Å². The van der Waals surface area contributed by atoms with Gasteiger partial charge in [-0.1, -0.05) is 26.8 Å². The number of aromatic amines is 1. The molecule has 0 bridgehead atoms. The molecule has 1 unspecified atom stereocenters. The number of benzene rings is 1. The molecule has 9 heteroatoms. The van der Waals surface area contributed by atoms with E-state index < -0.39 is 0 Å². The zero-order valence-corrected chi connectivity index (χ0v) is 16.2. The van der Waals surface area contributed by atoms with Crippen molar-refractivity contribution in [3.05, 3.63) is 29.5 Å². The highest BCUT2D eigenvalue weighted by atomic mass is 16.3. The predicted octanol–water partition coefficient (Wildman–Crippen LogP) is 2.68. The first-order chi connectivity index (χ1) is 13.4. The van der Waals surface area contributed by atoms with E-state index in [1.165, 1.54) is 12.1 Å². The van der Waals surface area contributed by atoms with Crippen LogP contribution in [0.2, 0.25) is 0 Å². The lowest BCUT2D eigenvalue weighted by atomic mass is 10.1. The number of phenols is 2. The van der Waals surface area contributed by atoms with Crippen LogP contribution in [-0.4, -0.2) is 48.1 Å². The molecule has 2 heterocycles. The van der Waals surface area contributed by atoms with Crippen molar-refractivity contribution in [2.75, 3.05) is 17.2 Å². The number of aliphatic hydroxyl groups is 1. The first kappa shape index (κ1) is 19.7. The van der Waals surface area contributed by atoms with Gasteiger partial charge in [-0.2, -0.15) is 10.1 Å². The summed E-state index contributed by atoms with van der Waals surface area (Å²) in [5.74, 6) is 0.812. The lowest BCUT2D eigenvalue weighted by Gasteiger charge is -2.15. The number of aliphatic hydroxyl groups excluding tert-OH is 1. The van der Waals surface area contributed by atoms with E-state index in [2.05, 4.69) is 44.6 Å². The Balaban J connectivity index is 1.95. The van der Waals surface area contributed by atoms with Crippen LogP contribution in [0, 0.1) is 0 Å². The molecule has 0 aliphatic heterocycles. The summed E-state index contributed by atoms with van der Waals surface area (Å²) in [7, 11) is 0. The number of rotatable bonds is 8. The quantitative estimate of drug-likeness (QED) is 0.325. The summed E-state index contributed by atoms with van der Waals surface area (Å²) in [5, 5.41) is 42.4. The summed E-state index contributed by atoms with van der Waals surface area (Å²) in [6.45, 7) is 6.44. The maximum atomic E-state index is 9.68. The van der Waals surface area contributed by atoms with Crippen molar-refractivity contribution in [2.45, 2.75) is 45.7 Å². The number of nitrogens with one attached hydrogen (secondary N) is 3. The SMILES string of the molecule is CCC(CO)Nc1nc(NCc2ccc(O)c(O)c2)c2n[nH]c(C(C)C)c2n1. The molecule has 0 aliphatic rings. The lowest BCUT2D eigenvalue weighted by Crippen LogP contribution is -2.24. The Labute approximate surface area is 162 Å². The van der Waals surface area contributed by atoms with E-state index in [1.54, 1.807) is 6.07 Å². The van der Waals surface area contributed by atoms with Gasteiger partial charge < -0.3 is 26.0 Å². The molecule has 0 aliphatic carbocycles. The third-order valence-electron chi connectivity index (χ3n) is 4.55. The second-order valence-electron chi connectivity index (χ2n) is 6.99. The Morgan fingerprint density at radius 3 is 2.54 bits per heavy atom. The average molecular weight is 386 g/mol. The second kappa shape index (κ2) is 8.30. The number of aromatic hydroxyl groups is 2. The number of anilines is 2. The number of nitrogens with zero attached hydrogens (tertiary/aromatic N) is 3. The zero-order chi connectivity index (χ0) is 20.3. The Morgan fingerprint density at radius 1 is 1.11 bits per heavy atom. The van der Waals surface area contributed by atoms with Crippen LogP contribution in [-0.2, 0) is 6.54 Å². The molecule has 0 amide bonds. The van der Waals surface area contributed by atoms with Crippen molar-refractivity contribution < 1.29 is 15.3 Å². The highest BCUT2D eigenvalue weighted by molar-refractivity contribution is 5.88. The van der Waals surface area contributed by atoms with Crippen LogP contribution in [0.4, 0.5) is 11.8 Å². The minimum Gasteiger partial charge on any atom is -0.504 e. The van der Waals surface area contributed by atoms with E-state index in [4.69, 9.17) is 0 Å². The number of H-pyrrole nitrogens is 1. The van der Waals surface area contributed by atoms with Gasteiger partial charge in [-0.05, 0) is 30.0 Å². The summed E-state index contributed by atoms with van der Waals surface area (Å²) in [4.78, 5) is 9.12. The summed E-state index contributed by atoms with van der Waals surface area (Å²) in [5.41, 5.74) is 3.02. The first-order valence-corrected chi connectivity index (χ1v) is 9.31. The van der Waals surface area contributed by atoms with Crippen LogP contribution >= 0.6 is 0 Å². The molecule has 3 aromatic rings. The van der Waals surface area contributed by atoms with Gasteiger partial charge >= 0.3 is 0 Å². The van der Waals surface area contributed by atoms with Gasteiger partial charge in [0.2, 0.25) is 5.95 Å². The number of hydrogen-bond acceptors (Lipinski definition) is 8. The van der Waals surface area contributed by atoms with E-state index in [0.29, 0.717) is 23.8 Å². The van der Waals surface area contributed by atoms with Crippen LogP contribution in [0.1, 0.15) is 44.4 Å². The highest BCUT2D eigenvalue weighted by Gasteiger charge is 2.18. The van der Waals surface area contributed by atoms with Crippen molar-refractivity contribution in [3.8, 4) is 11.5 Å². The highest BCUT2D eigenvalue weighted by Crippen LogP contribution is 2.28. The summed E-state index contributed by atoms with van der Waals surface area (Å²) >= 11 is 0. The van der Waals surface area contributed by atoms with Gasteiger partial charge in [0.05, 0.1) is 18.3 Å². The van der Waals surface area contributed by atoms with E-state index in [0.717, 1.165) is 23.2 Å². The van der Waals surface area contributed by atoms with E-state index >= 15 is 0 Å². The molecular weight excluding hydrogens is 360 g/mol. The molecule has 28 heavy (non-hydrogen) atoms. The maximum absolute atomic E-state index is 9.68. The van der Waals surface area contributed by atoms with Gasteiger partial charge in [-0.25, -0.2) is 4.98 Å². The average Bonchev–Trinajstić information content (AvgIpc) is 3.11. The molecule has 1 atom stereocenters. The Hall–Kier alpha value is -3.07. The van der Waals surface area contributed by atoms with E-state index in [9.17, 15) is 15.3 Å². The van der Waals surface area contributed by atoms with Crippen LogP contribution in [0.15, 0.2) is 18.2 Å². The van der Waals surface area contributed by atoms with Crippen LogP contribution in [0.3, 0.4) is 0 Å². The standard InChI is InChI=1S/C19H26N6O3/c1-4-12(9-26)21-19-22-16-15(10(2)3)24-25-17(16)18(23-19)20-8-11-5-6-13(27)14(28)7-11/h5-7,10,12,26-28H,4,8-9H2,1-3H3,(H,24,25)(H2,20,21,22,23). The predicted molar refractivity (Wildman–Crippen MR) is 108 cm³/mol. The van der Waals surface area contributed by atoms with Crippen molar-refractivity contribution in [1.29, 1.82) is 0 Å². The number of fused-ring (bicyclic) bond motifs is 1. The van der Waals surface area contributed by atoms with Crippen molar-refractivity contribution in [2.24, 2.45) is 0 Å². The second-order valence-corrected chi connectivity index (χ2v) is 6.99. The Morgan fingerprint density at radius 2 is 1.89 bits per heavy atom. The number of hydrogen-bond donors (Lipinski definition) is 6. The number of phenolic OH excluding ortho intramolecular Hbond substituents is 2. The minimum atomic E-state index is -0.176. The fourth-order valence-electron chi connectivity index (χ4n) is 2.83. The zero-order valence-electron chi connectivity index (χ0n) is 16.2. The van der Waals surface area contributed by atoms with Crippen molar-refractivity contribution in [1.82, 2.24) is 20.2 Å². The largest absolute Gasteiger partial charge is 0.504 e. The van der Waals surface area contributed by atoms with E-state index in [-0.39, 0.29) is 30.1 Å². The van der Waals surface area contributed by atoms with Crippen molar-refractivity contribution >= 4 is 22.8 Å². The van der Waals surface area contributed by atoms with Gasteiger partial charge in [0.1, 0.15) is 5.52 Å². The minimum absolute atomic E-state index is 0.0180. The molecule has 9 nitrogen and oxygen atoms in total. The fourth-order valence-corrected chi connectivity index (χ4v) is 2.83. The Bertz CT molecular complexity index is 952. The molecule has 2 aromatic heterocycles.